The van der Waals surface area contributed by atoms with E-state index in [0.717, 1.165) is 25.7 Å². The normalized spacial score (nSPS) is 6.46. The zero-order valence-corrected chi connectivity index (χ0v) is 14.3. The molecule has 0 atom stereocenters. The first-order valence-corrected chi connectivity index (χ1v) is 4.05. The van der Waals surface area contributed by atoms with Crippen molar-refractivity contribution in [2.45, 2.75) is 39.5 Å². The van der Waals surface area contributed by atoms with Crippen LogP contribution in [0.25, 0.3) is 0 Å². The first-order chi connectivity index (χ1) is 4.83. The van der Waals surface area contributed by atoms with Crippen LogP contribution in [-0.2, 0) is 26.2 Å². The molecule has 0 spiro atoms. The maximum atomic E-state index is 8.07. The van der Waals surface area contributed by atoms with Gasteiger partial charge in [-0.15, -0.1) is 34.0 Å². The van der Waals surface area contributed by atoms with Gasteiger partial charge >= 0.3 is 0 Å². The molecule has 0 aromatic heterocycles. The topological polar surface area (TPSA) is 40.5 Å². The van der Waals surface area contributed by atoms with Crippen LogP contribution >= 0.6 is 34.0 Å². The number of halogens is 2. The van der Waals surface area contributed by atoms with Crippen molar-refractivity contribution in [3.63, 3.8) is 0 Å². The quantitative estimate of drug-likeness (QED) is 0.761. The molecule has 84 valence electrons. The van der Waals surface area contributed by atoms with Gasteiger partial charge in [0.1, 0.15) is 0 Å². The fraction of sp³-hybridized carbons (Fsp3) is 1.00. The number of aliphatic hydroxyl groups is 2. The average Bonchev–Trinajstić information content (AvgIpc) is 1.93. The fourth-order valence-electron chi connectivity index (χ4n) is 0.316. The van der Waals surface area contributed by atoms with Crippen molar-refractivity contribution in [1.29, 1.82) is 0 Å². The van der Waals surface area contributed by atoms with Crippen molar-refractivity contribution in [3.8, 4) is 0 Å². The van der Waals surface area contributed by atoms with Crippen molar-refractivity contribution in [3.05, 3.63) is 0 Å². The predicted molar refractivity (Wildman–Crippen MR) is 64.6 cm³/mol. The molecule has 13 heavy (non-hydrogen) atoms. The molecule has 0 heterocycles. The molecule has 0 fully saturated rings. The zero-order chi connectivity index (χ0) is 8.24. The summed E-state index contributed by atoms with van der Waals surface area (Å²) in [7, 11) is 0. The second-order valence-electron chi connectivity index (χ2n) is 2.15. The Labute approximate surface area is 122 Å². The molecule has 0 aromatic carbocycles. The van der Waals surface area contributed by atoms with E-state index in [1.54, 1.807) is 0 Å². The van der Waals surface area contributed by atoms with Gasteiger partial charge in [0.2, 0.25) is 0 Å². The summed E-state index contributed by atoms with van der Waals surface area (Å²) >= 11 is 0. The van der Waals surface area contributed by atoms with Gasteiger partial charge < -0.3 is 10.2 Å². The number of aliphatic hydroxyl groups excluding tert-OH is 2. The third-order valence-corrected chi connectivity index (χ3v) is 1.02. The van der Waals surface area contributed by atoms with E-state index in [9.17, 15) is 0 Å². The largest absolute Gasteiger partial charge is 0.396 e. The summed E-state index contributed by atoms with van der Waals surface area (Å²) in [6.07, 6.45) is 4.08. The Kier molecular flexibility index (Phi) is 84.0. The minimum atomic E-state index is 0. The Morgan fingerprint density at radius 3 is 1.00 bits per heavy atom. The number of rotatable bonds is 4. The van der Waals surface area contributed by atoms with Gasteiger partial charge in [0.05, 0.1) is 0 Å². The molecule has 0 aliphatic carbocycles. The first-order valence-electron chi connectivity index (χ1n) is 4.05. The summed E-state index contributed by atoms with van der Waals surface area (Å²) in [5, 5.41) is 16.1. The summed E-state index contributed by atoms with van der Waals surface area (Å²) in [6, 6.07) is 0. The Morgan fingerprint density at radius 1 is 0.769 bits per heavy atom. The molecular weight excluding hydrogens is 379 g/mol. The molecule has 5 heteroatoms. The third kappa shape index (κ3) is 57.3. The molecule has 2 nitrogen and oxygen atoms in total. The molecule has 0 bridgehead atoms. The Balaban J connectivity index is -0.0000000267. The van der Waals surface area contributed by atoms with Crippen LogP contribution in [0.15, 0.2) is 0 Å². The molecule has 0 aromatic rings. The molecule has 2 N–H and O–H groups in total. The van der Waals surface area contributed by atoms with E-state index in [-0.39, 0.29) is 60.2 Å². The van der Waals surface area contributed by atoms with Gasteiger partial charge in [-0.2, -0.15) is 0 Å². The summed E-state index contributed by atoms with van der Waals surface area (Å²) in [5.41, 5.74) is 0. The van der Waals surface area contributed by atoms with Gasteiger partial charge in [0.15, 0.2) is 0 Å². The SMILES string of the molecule is Br.Br.CCCCO.CCCCO.[Zr]. The Morgan fingerprint density at radius 2 is 1.00 bits per heavy atom. The van der Waals surface area contributed by atoms with Crippen molar-refractivity contribution in [2.24, 2.45) is 0 Å². The standard InChI is InChI=1S/2C4H10O.2BrH.Zr/c2*1-2-3-4-5;;;/h2*5H,2-4H2,1H3;2*1H;. The van der Waals surface area contributed by atoms with E-state index >= 15 is 0 Å². The Hall–Kier alpha value is 1.76. The number of hydrogen-bond acceptors (Lipinski definition) is 2. The van der Waals surface area contributed by atoms with E-state index in [2.05, 4.69) is 13.8 Å². The van der Waals surface area contributed by atoms with Crippen molar-refractivity contribution >= 4 is 34.0 Å². The first kappa shape index (κ1) is 29.3. The van der Waals surface area contributed by atoms with E-state index < -0.39 is 0 Å². The van der Waals surface area contributed by atoms with Gasteiger partial charge in [0.25, 0.3) is 0 Å². The smallest absolute Gasteiger partial charge is 0.0430 e. The fourth-order valence-corrected chi connectivity index (χ4v) is 0.316. The van der Waals surface area contributed by atoms with Crippen LogP contribution in [0.5, 0.6) is 0 Å². The molecule has 0 aliphatic heterocycles. The molecule has 0 radical (unpaired) electrons. The minimum absolute atomic E-state index is 0. The van der Waals surface area contributed by atoms with Crippen LogP contribution in [0.3, 0.4) is 0 Å². The number of hydrogen-bond donors (Lipinski definition) is 2. The molecule has 0 rings (SSSR count). The van der Waals surface area contributed by atoms with E-state index in [4.69, 9.17) is 10.2 Å². The van der Waals surface area contributed by atoms with Crippen molar-refractivity contribution in [1.82, 2.24) is 0 Å². The molecule has 0 unspecified atom stereocenters. The maximum Gasteiger partial charge on any atom is 0.0430 e. The van der Waals surface area contributed by atoms with Gasteiger partial charge in [-0.05, 0) is 12.8 Å². The van der Waals surface area contributed by atoms with Crippen LogP contribution in [0.1, 0.15) is 39.5 Å². The molecule has 0 saturated heterocycles. The minimum Gasteiger partial charge on any atom is -0.396 e. The summed E-state index contributed by atoms with van der Waals surface area (Å²) < 4.78 is 0. The number of unbranched alkanes of at least 4 members (excludes halogenated alkanes) is 2. The molecule has 0 saturated carbocycles. The van der Waals surface area contributed by atoms with Crippen molar-refractivity contribution in [2.75, 3.05) is 13.2 Å². The van der Waals surface area contributed by atoms with Crippen LogP contribution in [0.2, 0.25) is 0 Å². The zero-order valence-electron chi connectivity index (χ0n) is 8.45. The van der Waals surface area contributed by atoms with Crippen LogP contribution < -0.4 is 0 Å². The summed E-state index contributed by atoms with van der Waals surface area (Å²) in [4.78, 5) is 0. The van der Waals surface area contributed by atoms with Crippen LogP contribution in [0, 0.1) is 0 Å². The molecule has 0 aliphatic rings. The van der Waals surface area contributed by atoms with Crippen LogP contribution in [-0.4, -0.2) is 23.4 Å². The van der Waals surface area contributed by atoms with Gasteiger partial charge in [-0.1, -0.05) is 26.7 Å². The second-order valence-corrected chi connectivity index (χ2v) is 2.15. The summed E-state index contributed by atoms with van der Waals surface area (Å²) in [6.45, 7) is 4.79. The molecule has 0 amide bonds. The predicted octanol–water partition coefficient (Wildman–Crippen LogP) is 2.71. The van der Waals surface area contributed by atoms with Gasteiger partial charge in [-0.25, -0.2) is 0 Å². The monoisotopic (exact) mass is 398 g/mol. The summed E-state index contributed by atoms with van der Waals surface area (Å²) in [5.74, 6) is 0. The van der Waals surface area contributed by atoms with E-state index in [1.807, 2.05) is 0 Å². The van der Waals surface area contributed by atoms with Gasteiger partial charge in [0, 0.05) is 39.4 Å². The van der Waals surface area contributed by atoms with E-state index in [1.165, 1.54) is 0 Å². The van der Waals surface area contributed by atoms with Crippen LogP contribution in [0.4, 0.5) is 0 Å². The third-order valence-electron chi connectivity index (χ3n) is 1.02. The Bertz CT molecular complexity index is 41.1. The molecular formula is C8H22Br2O2Zr. The second kappa shape index (κ2) is 37.2. The van der Waals surface area contributed by atoms with E-state index in [0.29, 0.717) is 13.2 Å². The van der Waals surface area contributed by atoms with Gasteiger partial charge in [-0.3, -0.25) is 0 Å². The van der Waals surface area contributed by atoms with Crippen molar-refractivity contribution < 1.29 is 36.4 Å². The average molecular weight is 401 g/mol. The maximum absolute atomic E-state index is 8.07.